The molecule has 1 fully saturated rings. The van der Waals surface area contributed by atoms with Crippen LogP contribution in [0.5, 0.6) is 5.75 Å². The summed E-state index contributed by atoms with van der Waals surface area (Å²) >= 11 is 0. The summed E-state index contributed by atoms with van der Waals surface area (Å²) in [6, 6.07) is 11.5. The van der Waals surface area contributed by atoms with E-state index in [-0.39, 0.29) is 24.0 Å². The molecule has 1 saturated heterocycles. The number of rotatable bonds is 8. The number of nitrogens with one attached hydrogen (secondary N) is 2. The van der Waals surface area contributed by atoms with Crippen molar-refractivity contribution in [2.45, 2.75) is 43.2 Å². The number of sulfonamides is 1. The molecule has 0 saturated carbocycles. The van der Waals surface area contributed by atoms with Gasteiger partial charge in [0, 0.05) is 25.7 Å². The fourth-order valence-electron chi connectivity index (χ4n) is 3.76. The van der Waals surface area contributed by atoms with E-state index in [1.807, 2.05) is 0 Å². The maximum Gasteiger partial charge on any atom is 0.309 e. The van der Waals surface area contributed by atoms with E-state index in [0.717, 1.165) is 30.5 Å². The second-order valence-corrected chi connectivity index (χ2v) is 9.69. The Hall–Kier alpha value is -2.98. The van der Waals surface area contributed by atoms with Gasteiger partial charge in [-0.2, -0.15) is 4.31 Å². The molecular formula is C23H28FN3O5S. The number of carbonyl (C=O) groups is 2. The molecule has 1 atom stereocenters. The molecule has 33 heavy (non-hydrogen) atoms. The first-order valence-electron chi connectivity index (χ1n) is 10.8. The summed E-state index contributed by atoms with van der Waals surface area (Å²) in [7, 11) is -2.21. The minimum absolute atomic E-state index is 0.0396. The number of hydrogen-bond acceptors (Lipinski definition) is 5. The van der Waals surface area contributed by atoms with Crippen molar-refractivity contribution in [2.75, 3.05) is 20.2 Å². The highest BCUT2D eigenvalue weighted by molar-refractivity contribution is 7.89. The summed E-state index contributed by atoms with van der Waals surface area (Å²) in [5.41, 5.74) is 0.820. The maximum atomic E-state index is 13.2. The molecule has 2 amide bonds. The van der Waals surface area contributed by atoms with E-state index in [1.54, 1.807) is 31.4 Å². The Morgan fingerprint density at radius 1 is 1.03 bits per heavy atom. The van der Waals surface area contributed by atoms with Crippen LogP contribution in [0.25, 0.3) is 0 Å². The van der Waals surface area contributed by atoms with E-state index in [1.165, 1.54) is 16.4 Å². The zero-order chi connectivity index (χ0) is 23.8. The second-order valence-electron chi connectivity index (χ2n) is 7.79. The van der Waals surface area contributed by atoms with Gasteiger partial charge in [0.05, 0.1) is 12.0 Å². The lowest BCUT2D eigenvalue weighted by Crippen LogP contribution is -2.46. The van der Waals surface area contributed by atoms with Crippen molar-refractivity contribution in [1.82, 2.24) is 14.9 Å². The zero-order valence-corrected chi connectivity index (χ0v) is 19.2. The fraction of sp³-hybridized carbons (Fsp3) is 0.391. The van der Waals surface area contributed by atoms with Gasteiger partial charge in [0.15, 0.2) is 0 Å². The van der Waals surface area contributed by atoms with Crippen LogP contribution in [0.15, 0.2) is 53.4 Å². The number of methoxy groups -OCH3 is 1. The van der Waals surface area contributed by atoms with Gasteiger partial charge in [-0.05, 0) is 61.2 Å². The van der Waals surface area contributed by atoms with Crippen LogP contribution in [0, 0.1) is 5.82 Å². The molecule has 0 radical (unpaired) electrons. The summed E-state index contributed by atoms with van der Waals surface area (Å²) in [6.07, 6.45) is 2.63. The van der Waals surface area contributed by atoms with Crippen molar-refractivity contribution < 1.29 is 27.1 Å². The van der Waals surface area contributed by atoms with Crippen molar-refractivity contribution in [3.8, 4) is 5.75 Å². The van der Waals surface area contributed by atoms with Gasteiger partial charge >= 0.3 is 11.8 Å². The minimum atomic E-state index is -3.77. The summed E-state index contributed by atoms with van der Waals surface area (Å²) in [5.74, 6) is -1.34. The summed E-state index contributed by atoms with van der Waals surface area (Å²) in [6.45, 7) is 0.720. The number of piperidine rings is 1. The Morgan fingerprint density at radius 3 is 2.36 bits per heavy atom. The Kier molecular flexibility index (Phi) is 8.40. The molecule has 2 aromatic rings. The number of nitrogens with zero attached hydrogens (tertiary/aromatic N) is 1. The molecule has 0 unspecified atom stereocenters. The molecule has 1 aliphatic heterocycles. The number of carbonyl (C=O) groups excluding carboxylic acids is 2. The second kappa shape index (κ2) is 11.2. The fourth-order valence-corrected chi connectivity index (χ4v) is 5.48. The first kappa shape index (κ1) is 24.7. The predicted molar refractivity (Wildman–Crippen MR) is 120 cm³/mol. The Labute approximate surface area is 193 Å². The van der Waals surface area contributed by atoms with Crippen LogP contribution in [-0.2, 0) is 26.2 Å². The van der Waals surface area contributed by atoms with Crippen LogP contribution in [-0.4, -0.2) is 50.8 Å². The molecule has 8 nitrogen and oxygen atoms in total. The minimum Gasteiger partial charge on any atom is -0.497 e. The van der Waals surface area contributed by atoms with Gasteiger partial charge in [-0.15, -0.1) is 0 Å². The third kappa shape index (κ3) is 6.52. The summed E-state index contributed by atoms with van der Waals surface area (Å²) < 4.78 is 45.7. The highest BCUT2D eigenvalue weighted by Crippen LogP contribution is 2.27. The molecule has 0 aromatic heterocycles. The Morgan fingerprint density at radius 2 is 1.70 bits per heavy atom. The van der Waals surface area contributed by atoms with E-state index in [9.17, 15) is 22.4 Å². The number of hydrogen-bond donors (Lipinski definition) is 2. The Bertz CT molecular complexity index is 1060. The number of amides is 2. The molecule has 3 rings (SSSR count). The van der Waals surface area contributed by atoms with Crippen LogP contribution < -0.4 is 15.4 Å². The van der Waals surface area contributed by atoms with Crippen LogP contribution >= 0.6 is 0 Å². The first-order chi connectivity index (χ1) is 15.8. The van der Waals surface area contributed by atoms with E-state index < -0.39 is 27.7 Å². The molecular weight excluding hydrogens is 449 g/mol. The molecule has 2 aromatic carbocycles. The number of ether oxygens (including phenoxy) is 1. The first-order valence-corrected chi connectivity index (χ1v) is 12.2. The van der Waals surface area contributed by atoms with Gasteiger partial charge in [0.1, 0.15) is 11.6 Å². The van der Waals surface area contributed by atoms with Crippen LogP contribution in [0.1, 0.15) is 31.2 Å². The third-order valence-electron chi connectivity index (χ3n) is 5.57. The molecule has 1 heterocycles. The molecule has 2 N–H and O–H groups in total. The number of halogens is 1. The summed E-state index contributed by atoms with van der Waals surface area (Å²) in [5, 5.41) is 5.12. The summed E-state index contributed by atoms with van der Waals surface area (Å²) in [4.78, 5) is 24.2. The lowest BCUT2D eigenvalue weighted by Gasteiger charge is -2.34. The lowest BCUT2D eigenvalue weighted by atomic mass is 10.0. The molecule has 10 heteroatoms. The van der Waals surface area contributed by atoms with E-state index in [4.69, 9.17) is 4.74 Å². The van der Waals surface area contributed by atoms with Crippen molar-refractivity contribution >= 4 is 21.8 Å². The zero-order valence-electron chi connectivity index (χ0n) is 18.4. The average molecular weight is 478 g/mol. The molecule has 0 aliphatic carbocycles. The quantitative estimate of drug-likeness (QED) is 0.567. The molecule has 0 bridgehead atoms. The van der Waals surface area contributed by atoms with Crippen LogP contribution in [0.4, 0.5) is 4.39 Å². The van der Waals surface area contributed by atoms with Gasteiger partial charge in [0.25, 0.3) is 0 Å². The van der Waals surface area contributed by atoms with E-state index >= 15 is 0 Å². The number of benzene rings is 2. The Balaban J connectivity index is 1.50. The van der Waals surface area contributed by atoms with Crippen LogP contribution in [0.3, 0.4) is 0 Å². The van der Waals surface area contributed by atoms with Gasteiger partial charge in [-0.25, -0.2) is 12.8 Å². The van der Waals surface area contributed by atoms with Gasteiger partial charge < -0.3 is 15.4 Å². The highest BCUT2D eigenvalue weighted by atomic mass is 32.2. The SMILES string of the molecule is COc1ccc(CNC(=O)C(=O)NCC[C@@H]2CCCCN2S(=O)(=O)c2ccc(F)cc2)cc1. The van der Waals surface area contributed by atoms with Crippen molar-refractivity contribution in [2.24, 2.45) is 0 Å². The standard InChI is InChI=1S/C23H28FN3O5S/c1-32-20-9-5-17(6-10-20)16-26-23(29)22(28)25-14-13-19-4-2-3-15-27(19)33(30,31)21-11-7-18(24)8-12-21/h5-12,19H,2-4,13-16H2,1H3,(H,25,28)(H,26,29)/t19-/m0/s1. The topological polar surface area (TPSA) is 105 Å². The van der Waals surface area contributed by atoms with E-state index in [0.29, 0.717) is 25.1 Å². The molecule has 1 aliphatic rings. The van der Waals surface area contributed by atoms with Gasteiger partial charge in [0.2, 0.25) is 10.0 Å². The van der Waals surface area contributed by atoms with E-state index in [2.05, 4.69) is 10.6 Å². The van der Waals surface area contributed by atoms with Crippen molar-refractivity contribution in [3.05, 3.63) is 59.9 Å². The average Bonchev–Trinajstić information content (AvgIpc) is 2.83. The van der Waals surface area contributed by atoms with Crippen molar-refractivity contribution in [1.29, 1.82) is 0 Å². The normalized spacial score (nSPS) is 16.7. The molecule has 0 spiro atoms. The predicted octanol–water partition coefficient (Wildman–Crippen LogP) is 2.20. The van der Waals surface area contributed by atoms with Gasteiger partial charge in [-0.3, -0.25) is 9.59 Å². The lowest BCUT2D eigenvalue weighted by molar-refractivity contribution is -0.139. The van der Waals surface area contributed by atoms with Gasteiger partial charge in [-0.1, -0.05) is 18.6 Å². The smallest absolute Gasteiger partial charge is 0.309 e. The monoisotopic (exact) mass is 477 g/mol. The van der Waals surface area contributed by atoms with Crippen molar-refractivity contribution in [3.63, 3.8) is 0 Å². The third-order valence-corrected chi connectivity index (χ3v) is 7.54. The highest BCUT2D eigenvalue weighted by Gasteiger charge is 2.33. The largest absolute Gasteiger partial charge is 0.497 e. The molecule has 178 valence electrons. The van der Waals surface area contributed by atoms with Crippen LogP contribution in [0.2, 0.25) is 0 Å². The maximum absolute atomic E-state index is 13.2.